The smallest absolute Gasteiger partial charge is 0.278 e. The van der Waals surface area contributed by atoms with E-state index in [4.69, 9.17) is 5.73 Å². The van der Waals surface area contributed by atoms with Crippen molar-refractivity contribution in [1.29, 1.82) is 0 Å². The van der Waals surface area contributed by atoms with Crippen molar-refractivity contribution >= 4 is 27.0 Å². The molecule has 2 heterocycles. The number of nitrogens with one attached hydrogen (secondary N) is 2. The van der Waals surface area contributed by atoms with Crippen LogP contribution in [0.25, 0.3) is 11.2 Å². The molecule has 0 radical (unpaired) electrons. The number of nitrogens with two attached hydrogens (primary N) is 1. The number of aromatic amines is 2. The Morgan fingerprint density at radius 2 is 2.25 bits per heavy atom. The van der Waals surface area contributed by atoms with E-state index in [1.807, 2.05) is 0 Å². The minimum Gasteiger partial charge on any atom is -0.369 e. The highest BCUT2D eigenvalue weighted by Gasteiger charge is 2.01. The maximum absolute atomic E-state index is 11.0. The highest BCUT2D eigenvalue weighted by Crippen LogP contribution is 1.98. The summed E-state index contributed by atoms with van der Waals surface area (Å²) in [6.07, 6.45) is 1.40. The summed E-state index contributed by atoms with van der Waals surface area (Å²) in [5.74, 6) is 0.0783. The Morgan fingerprint density at radius 1 is 1.50 bits per heavy atom. The highest BCUT2D eigenvalue weighted by atomic mass is 31.0. The molecular weight excluding hydrogens is 177 g/mol. The fraction of sp³-hybridized carbons (Fsp3) is 0. The molecule has 7 heteroatoms. The number of imidazole rings is 1. The van der Waals surface area contributed by atoms with Crippen molar-refractivity contribution in [2.75, 3.05) is 5.73 Å². The van der Waals surface area contributed by atoms with Crippen LogP contribution >= 0.6 is 9.90 Å². The largest absolute Gasteiger partial charge is 0.369 e. The molecular formula is C5H8N5OP. The van der Waals surface area contributed by atoms with Crippen LogP contribution < -0.4 is 11.3 Å². The average molecular weight is 185 g/mol. The van der Waals surface area contributed by atoms with Gasteiger partial charge in [-0.25, -0.2) is 4.98 Å². The van der Waals surface area contributed by atoms with Gasteiger partial charge in [0.1, 0.15) is 0 Å². The van der Waals surface area contributed by atoms with Crippen molar-refractivity contribution in [1.82, 2.24) is 19.9 Å². The summed E-state index contributed by atoms with van der Waals surface area (Å²) in [6, 6.07) is 0. The first-order chi connectivity index (χ1) is 5.27. The van der Waals surface area contributed by atoms with E-state index in [9.17, 15) is 4.79 Å². The summed E-state index contributed by atoms with van der Waals surface area (Å²) in [6.45, 7) is 0. The van der Waals surface area contributed by atoms with Gasteiger partial charge in [-0.15, -0.1) is 0 Å². The maximum atomic E-state index is 11.0. The van der Waals surface area contributed by atoms with Gasteiger partial charge in [0.15, 0.2) is 11.2 Å². The molecule has 0 aromatic carbocycles. The van der Waals surface area contributed by atoms with E-state index in [-0.39, 0.29) is 21.4 Å². The quantitative estimate of drug-likeness (QED) is 0.472. The Morgan fingerprint density at radius 3 is 3.00 bits per heavy atom. The number of rotatable bonds is 0. The molecule has 1 unspecified atom stereocenters. The number of anilines is 1. The van der Waals surface area contributed by atoms with E-state index >= 15 is 0 Å². The maximum Gasteiger partial charge on any atom is 0.278 e. The second-order valence-corrected chi connectivity index (χ2v) is 2.05. The van der Waals surface area contributed by atoms with Crippen LogP contribution in [0.1, 0.15) is 0 Å². The van der Waals surface area contributed by atoms with E-state index in [2.05, 4.69) is 19.9 Å². The molecule has 1 atom stereocenters. The molecule has 0 spiro atoms. The monoisotopic (exact) mass is 185 g/mol. The molecule has 4 N–H and O–H groups in total. The topological polar surface area (TPSA) is 100 Å². The second kappa shape index (κ2) is 2.91. The van der Waals surface area contributed by atoms with Crippen molar-refractivity contribution in [3.8, 4) is 0 Å². The van der Waals surface area contributed by atoms with Crippen LogP contribution in [0.3, 0.4) is 0 Å². The minimum atomic E-state index is -0.301. The normalized spacial score (nSPS) is 9.67. The number of nitrogens with zero attached hydrogens (tertiary/aromatic N) is 2. The standard InChI is InChI=1S/C5H5N5O.H3P/c6-5-9-3-2(4(11)10-5)7-1-8-3;/h1H,(H4,6,7,8,9,10,11);1H3. The van der Waals surface area contributed by atoms with Crippen molar-refractivity contribution in [3.05, 3.63) is 16.7 Å². The highest BCUT2D eigenvalue weighted by molar-refractivity contribution is 6.92. The van der Waals surface area contributed by atoms with Crippen molar-refractivity contribution in [3.63, 3.8) is 0 Å². The number of H-pyrrole nitrogens is 2. The van der Waals surface area contributed by atoms with Crippen LogP contribution in [-0.2, 0) is 0 Å². The number of hydrogen-bond donors (Lipinski definition) is 3. The zero-order valence-corrected chi connectivity index (χ0v) is 7.58. The predicted molar refractivity (Wildman–Crippen MR) is 50.0 cm³/mol. The molecule has 2 aromatic rings. The number of hydrogen-bond acceptors (Lipinski definition) is 4. The third-order valence-electron chi connectivity index (χ3n) is 1.31. The van der Waals surface area contributed by atoms with Gasteiger partial charge in [0, 0.05) is 0 Å². The third-order valence-corrected chi connectivity index (χ3v) is 1.31. The zero-order chi connectivity index (χ0) is 7.84. The summed E-state index contributed by atoms with van der Waals surface area (Å²) >= 11 is 0. The molecule has 2 rings (SSSR count). The number of nitrogen functional groups attached to an aromatic ring is 1. The Bertz CT molecular complexity index is 446. The zero-order valence-electron chi connectivity index (χ0n) is 6.16. The number of aromatic nitrogens is 4. The summed E-state index contributed by atoms with van der Waals surface area (Å²) in [5.41, 5.74) is 5.65. The lowest BCUT2D eigenvalue weighted by Gasteiger charge is -1.89. The van der Waals surface area contributed by atoms with Gasteiger partial charge in [0.2, 0.25) is 5.95 Å². The Kier molecular flexibility index (Phi) is 2.10. The van der Waals surface area contributed by atoms with Crippen LogP contribution in [0.15, 0.2) is 11.1 Å². The summed E-state index contributed by atoms with van der Waals surface area (Å²) in [5, 5.41) is 0. The lowest BCUT2D eigenvalue weighted by Crippen LogP contribution is -2.10. The molecule has 0 bridgehead atoms. The SMILES string of the molecule is Nc1nc2nc[nH]c2c(=O)[nH]1.P. The van der Waals surface area contributed by atoms with Gasteiger partial charge in [0.25, 0.3) is 5.56 Å². The number of fused-ring (bicyclic) bond motifs is 1. The van der Waals surface area contributed by atoms with E-state index in [1.165, 1.54) is 6.33 Å². The Balaban J connectivity index is 0.000000720. The van der Waals surface area contributed by atoms with Crippen LogP contribution in [0.5, 0.6) is 0 Å². The molecule has 2 aromatic heterocycles. The van der Waals surface area contributed by atoms with Gasteiger partial charge in [-0.05, 0) is 0 Å². The Hall–Kier alpha value is -1.42. The minimum absolute atomic E-state index is 0. The lowest BCUT2D eigenvalue weighted by molar-refractivity contribution is 1.17. The predicted octanol–water partition coefficient (Wildman–Crippen LogP) is -0.714. The molecule has 0 saturated heterocycles. The van der Waals surface area contributed by atoms with Gasteiger partial charge >= 0.3 is 0 Å². The fourth-order valence-corrected chi connectivity index (χ4v) is 0.860. The van der Waals surface area contributed by atoms with Crippen molar-refractivity contribution < 1.29 is 0 Å². The third kappa shape index (κ3) is 1.16. The van der Waals surface area contributed by atoms with E-state index in [0.29, 0.717) is 11.2 Å². The van der Waals surface area contributed by atoms with Gasteiger partial charge < -0.3 is 10.7 Å². The molecule has 0 aliphatic rings. The summed E-state index contributed by atoms with van der Waals surface area (Å²) in [4.78, 5) is 23.5. The molecule has 12 heavy (non-hydrogen) atoms. The molecule has 0 fully saturated rings. The van der Waals surface area contributed by atoms with Gasteiger partial charge in [-0.2, -0.15) is 14.9 Å². The molecule has 0 aliphatic carbocycles. The van der Waals surface area contributed by atoms with Gasteiger partial charge in [0.05, 0.1) is 6.33 Å². The van der Waals surface area contributed by atoms with Crippen molar-refractivity contribution in [2.45, 2.75) is 0 Å². The van der Waals surface area contributed by atoms with E-state index in [0.717, 1.165) is 0 Å². The fourth-order valence-electron chi connectivity index (χ4n) is 0.860. The summed E-state index contributed by atoms with van der Waals surface area (Å²) in [7, 11) is 0. The summed E-state index contributed by atoms with van der Waals surface area (Å²) < 4.78 is 0. The lowest BCUT2D eigenvalue weighted by atomic mass is 10.5. The van der Waals surface area contributed by atoms with Crippen molar-refractivity contribution in [2.24, 2.45) is 0 Å². The first-order valence-electron chi connectivity index (χ1n) is 2.96. The molecule has 0 amide bonds. The average Bonchev–Trinajstić information content (AvgIpc) is 2.34. The van der Waals surface area contributed by atoms with Crippen LogP contribution in [0, 0.1) is 0 Å². The molecule has 6 nitrogen and oxygen atoms in total. The first kappa shape index (κ1) is 8.67. The Labute approximate surface area is 70.2 Å². The van der Waals surface area contributed by atoms with E-state index < -0.39 is 0 Å². The van der Waals surface area contributed by atoms with Gasteiger partial charge in [-0.1, -0.05) is 0 Å². The molecule has 64 valence electrons. The first-order valence-corrected chi connectivity index (χ1v) is 2.96. The molecule has 0 saturated carbocycles. The van der Waals surface area contributed by atoms with Crippen LogP contribution in [0.4, 0.5) is 5.95 Å². The van der Waals surface area contributed by atoms with E-state index in [1.54, 1.807) is 0 Å². The van der Waals surface area contributed by atoms with Gasteiger partial charge in [-0.3, -0.25) is 9.78 Å². The molecule has 0 aliphatic heterocycles. The van der Waals surface area contributed by atoms with Crippen LogP contribution in [0.2, 0.25) is 0 Å². The second-order valence-electron chi connectivity index (χ2n) is 2.05. The van der Waals surface area contributed by atoms with Crippen LogP contribution in [-0.4, -0.2) is 19.9 Å².